The number of thiazole rings is 1. The first-order chi connectivity index (χ1) is 14.1. The number of anilines is 1. The lowest BCUT2D eigenvalue weighted by molar-refractivity contribution is -0.384. The van der Waals surface area contributed by atoms with E-state index < -0.39 is 20.7 Å². The van der Waals surface area contributed by atoms with E-state index in [0.29, 0.717) is 16.3 Å². The van der Waals surface area contributed by atoms with Crippen LogP contribution >= 0.6 is 34.5 Å². The number of nitro benzene ring substituents is 1. The Hall–Kier alpha value is -2.60. The molecule has 30 heavy (non-hydrogen) atoms. The molecule has 0 saturated heterocycles. The monoisotopic (exact) mass is 486 g/mol. The standard InChI is InChI=1S/C17H12Cl2N4O5S2/c1-9-6-13(18)12(16(19)21-9)7-14(24)22-17-20-8-15(29-17)30(27,28)11-4-2-10(3-5-11)23(25)26/h2-6,8H,7H2,1H3,(H,20,22,24). The molecule has 0 aliphatic rings. The van der Waals surface area contributed by atoms with E-state index in [-0.39, 0.29) is 31.5 Å². The van der Waals surface area contributed by atoms with Crippen molar-refractivity contribution >= 4 is 61.1 Å². The molecule has 2 heterocycles. The third-order valence-corrected chi connectivity index (χ3v) is 7.63. The number of carbonyl (C=O) groups is 1. The first kappa shape index (κ1) is 22.1. The molecule has 0 unspecified atom stereocenters. The summed E-state index contributed by atoms with van der Waals surface area (Å²) < 4.78 is 25.2. The first-order valence-corrected chi connectivity index (χ1v) is 11.2. The summed E-state index contributed by atoms with van der Waals surface area (Å²) in [6, 6.07) is 6.05. The molecule has 9 nitrogen and oxygen atoms in total. The number of non-ortho nitro benzene ring substituents is 1. The Morgan fingerprint density at radius 1 is 1.27 bits per heavy atom. The molecule has 2 aromatic heterocycles. The van der Waals surface area contributed by atoms with Crippen LogP contribution in [0.2, 0.25) is 10.2 Å². The van der Waals surface area contributed by atoms with Gasteiger partial charge < -0.3 is 5.32 Å². The van der Waals surface area contributed by atoms with Crippen LogP contribution in [0.15, 0.2) is 45.6 Å². The summed E-state index contributed by atoms with van der Waals surface area (Å²) in [6.45, 7) is 1.71. The summed E-state index contributed by atoms with van der Waals surface area (Å²) >= 11 is 12.9. The van der Waals surface area contributed by atoms with Gasteiger partial charge in [0.15, 0.2) is 5.13 Å². The van der Waals surface area contributed by atoms with Crippen molar-refractivity contribution in [2.45, 2.75) is 22.4 Å². The number of pyridine rings is 1. The third kappa shape index (κ3) is 4.75. The molecule has 0 aliphatic heterocycles. The van der Waals surface area contributed by atoms with Gasteiger partial charge in [-0.3, -0.25) is 14.9 Å². The van der Waals surface area contributed by atoms with Crippen molar-refractivity contribution in [1.29, 1.82) is 0 Å². The largest absolute Gasteiger partial charge is 0.302 e. The predicted octanol–water partition coefficient (Wildman–Crippen LogP) is 4.08. The highest BCUT2D eigenvalue weighted by Gasteiger charge is 2.23. The number of nitro groups is 1. The molecule has 1 amide bonds. The number of carbonyl (C=O) groups excluding carboxylic acids is 1. The van der Waals surface area contributed by atoms with Crippen molar-refractivity contribution in [1.82, 2.24) is 9.97 Å². The smallest absolute Gasteiger partial charge is 0.269 e. The second-order valence-corrected chi connectivity index (χ2v) is 9.95. The Morgan fingerprint density at radius 3 is 2.53 bits per heavy atom. The van der Waals surface area contributed by atoms with Gasteiger partial charge in [-0.15, -0.1) is 0 Å². The maximum atomic E-state index is 12.7. The lowest BCUT2D eigenvalue weighted by atomic mass is 10.2. The predicted molar refractivity (Wildman–Crippen MR) is 112 cm³/mol. The van der Waals surface area contributed by atoms with Crippen LogP contribution in [0.5, 0.6) is 0 Å². The van der Waals surface area contributed by atoms with Crippen molar-refractivity contribution in [3.8, 4) is 0 Å². The minimum atomic E-state index is -3.94. The summed E-state index contributed by atoms with van der Waals surface area (Å²) in [7, 11) is -3.94. The third-order valence-electron chi connectivity index (χ3n) is 3.84. The van der Waals surface area contributed by atoms with Crippen LogP contribution in [0.3, 0.4) is 0 Å². The molecule has 3 rings (SSSR count). The molecule has 156 valence electrons. The normalized spacial score (nSPS) is 11.3. The fourth-order valence-electron chi connectivity index (χ4n) is 2.41. The number of hydrogen-bond donors (Lipinski definition) is 1. The van der Waals surface area contributed by atoms with Gasteiger partial charge in [0.05, 0.1) is 22.4 Å². The van der Waals surface area contributed by atoms with E-state index in [1.165, 1.54) is 0 Å². The zero-order valence-electron chi connectivity index (χ0n) is 15.1. The number of aromatic nitrogens is 2. The van der Waals surface area contributed by atoms with Gasteiger partial charge in [0.25, 0.3) is 5.69 Å². The topological polar surface area (TPSA) is 132 Å². The quantitative estimate of drug-likeness (QED) is 0.315. The highest BCUT2D eigenvalue weighted by molar-refractivity contribution is 7.93. The maximum absolute atomic E-state index is 12.7. The van der Waals surface area contributed by atoms with Gasteiger partial charge in [-0.2, -0.15) is 0 Å². The lowest BCUT2D eigenvalue weighted by Gasteiger charge is -2.07. The molecule has 3 aromatic rings. The molecule has 0 saturated carbocycles. The zero-order valence-corrected chi connectivity index (χ0v) is 18.3. The van der Waals surface area contributed by atoms with Gasteiger partial charge in [0.1, 0.15) is 9.36 Å². The molecule has 0 bridgehead atoms. The number of amides is 1. The van der Waals surface area contributed by atoms with Crippen LogP contribution in [0.25, 0.3) is 0 Å². The molecular formula is C17H12Cl2N4O5S2. The van der Waals surface area contributed by atoms with Crippen LogP contribution < -0.4 is 5.32 Å². The fraction of sp³-hybridized carbons (Fsp3) is 0.118. The van der Waals surface area contributed by atoms with Crippen molar-refractivity contribution in [3.05, 3.63) is 68.1 Å². The molecule has 0 atom stereocenters. The number of sulfone groups is 1. The Labute approximate surface area is 184 Å². The van der Waals surface area contributed by atoms with Crippen LogP contribution in [-0.2, 0) is 21.1 Å². The van der Waals surface area contributed by atoms with E-state index in [9.17, 15) is 23.3 Å². The minimum absolute atomic E-state index is 0.0628. The van der Waals surface area contributed by atoms with Crippen LogP contribution in [-0.4, -0.2) is 29.2 Å². The zero-order chi connectivity index (χ0) is 22.1. The van der Waals surface area contributed by atoms with E-state index in [4.69, 9.17) is 23.2 Å². The number of nitrogens with one attached hydrogen (secondary N) is 1. The number of halogens is 2. The molecule has 0 aliphatic carbocycles. The van der Waals surface area contributed by atoms with Crippen LogP contribution in [0.1, 0.15) is 11.3 Å². The van der Waals surface area contributed by atoms with Crippen LogP contribution in [0.4, 0.5) is 10.8 Å². The minimum Gasteiger partial charge on any atom is -0.302 e. The number of benzene rings is 1. The van der Waals surface area contributed by atoms with Crippen molar-refractivity contribution < 1.29 is 18.1 Å². The Morgan fingerprint density at radius 2 is 1.93 bits per heavy atom. The highest BCUT2D eigenvalue weighted by Crippen LogP contribution is 2.30. The Bertz CT molecular complexity index is 1220. The number of nitrogens with zero attached hydrogens (tertiary/aromatic N) is 3. The van der Waals surface area contributed by atoms with E-state index in [1.807, 2.05) is 0 Å². The Balaban J connectivity index is 1.76. The van der Waals surface area contributed by atoms with E-state index >= 15 is 0 Å². The summed E-state index contributed by atoms with van der Waals surface area (Å²) in [5.41, 5.74) is 0.723. The van der Waals surface area contributed by atoms with Gasteiger partial charge >= 0.3 is 0 Å². The van der Waals surface area contributed by atoms with E-state index in [1.54, 1.807) is 13.0 Å². The SMILES string of the molecule is Cc1cc(Cl)c(CC(=O)Nc2ncc(S(=O)(=O)c3ccc([N+](=O)[O-])cc3)s2)c(Cl)n1. The molecule has 1 aromatic carbocycles. The van der Waals surface area contributed by atoms with E-state index in [0.717, 1.165) is 41.8 Å². The summed E-state index contributed by atoms with van der Waals surface area (Å²) in [6.07, 6.45) is 0.930. The first-order valence-electron chi connectivity index (χ1n) is 8.14. The average molecular weight is 487 g/mol. The fourth-order valence-corrected chi connectivity index (χ4v) is 5.52. The lowest BCUT2D eigenvalue weighted by Crippen LogP contribution is -2.15. The van der Waals surface area contributed by atoms with Crippen molar-refractivity contribution in [3.63, 3.8) is 0 Å². The molecule has 0 spiro atoms. The van der Waals surface area contributed by atoms with Gasteiger partial charge in [-0.25, -0.2) is 18.4 Å². The molecule has 1 N–H and O–H groups in total. The highest BCUT2D eigenvalue weighted by atomic mass is 35.5. The van der Waals surface area contributed by atoms with Gasteiger partial charge in [-0.1, -0.05) is 34.5 Å². The number of rotatable bonds is 6. The van der Waals surface area contributed by atoms with Crippen molar-refractivity contribution in [2.24, 2.45) is 0 Å². The number of aryl methyl sites for hydroxylation is 1. The van der Waals surface area contributed by atoms with Gasteiger partial charge in [0.2, 0.25) is 15.7 Å². The molecular weight excluding hydrogens is 475 g/mol. The van der Waals surface area contributed by atoms with E-state index in [2.05, 4.69) is 15.3 Å². The molecule has 0 fully saturated rings. The molecule has 0 radical (unpaired) electrons. The van der Waals surface area contributed by atoms with Crippen LogP contribution in [0, 0.1) is 17.0 Å². The summed E-state index contributed by atoms with van der Waals surface area (Å²) in [5.74, 6) is -0.502. The van der Waals surface area contributed by atoms with Gasteiger partial charge in [-0.05, 0) is 25.1 Å². The molecule has 13 heteroatoms. The van der Waals surface area contributed by atoms with Crippen molar-refractivity contribution in [2.75, 3.05) is 5.32 Å². The summed E-state index contributed by atoms with van der Waals surface area (Å²) in [5, 5.41) is 13.7. The average Bonchev–Trinajstić information content (AvgIpc) is 3.14. The Kier molecular flexibility index (Phi) is 6.36. The second-order valence-electron chi connectivity index (χ2n) is 5.98. The maximum Gasteiger partial charge on any atom is 0.269 e. The summed E-state index contributed by atoms with van der Waals surface area (Å²) in [4.78, 5) is 30.2. The second kappa shape index (κ2) is 8.64. The number of hydrogen-bond acceptors (Lipinski definition) is 8. The van der Waals surface area contributed by atoms with Gasteiger partial charge in [0, 0.05) is 28.4 Å².